The van der Waals surface area contributed by atoms with Crippen molar-refractivity contribution in [2.45, 2.75) is 30.4 Å². The molecule has 1 aromatic heterocycles. The molecule has 1 aliphatic heterocycles. The Labute approximate surface area is 129 Å². The van der Waals surface area contributed by atoms with Crippen LogP contribution in [-0.4, -0.2) is 30.9 Å². The van der Waals surface area contributed by atoms with Crippen LogP contribution in [0.3, 0.4) is 0 Å². The van der Waals surface area contributed by atoms with Gasteiger partial charge >= 0.3 is 0 Å². The van der Waals surface area contributed by atoms with Gasteiger partial charge in [0.05, 0.1) is 17.1 Å². The lowest BCUT2D eigenvalue weighted by Gasteiger charge is -2.25. The third-order valence-corrected chi connectivity index (χ3v) is 5.22. The quantitative estimate of drug-likeness (QED) is 0.902. The van der Waals surface area contributed by atoms with Gasteiger partial charge in [-0.05, 0) is 25.5 Å². The molecule has 5 nitrogen and oxygen atoms in total. The molecule has 104 valence electrons. The van der Waals surface area contributed by atoms with Crippen LogP contribution in [0.2, 0.25) is 0 Å². The van der Waals surface area contributed by atoms with E-state index in [9.17, 15) is 5.11 Å². The molecule has 7 heteroatoms. The lowest BCUT2D eigenvalue weighted by atomic mass is 10.0. The molecule has 2 aromatic rings. The van der Waals surface area contributed by atoms with Crippen LogP contribution in [0.5, 0.6) is 0 Å². The van der Waals surface area contributed by atoms with Gasteiger partial charge in [0, 0.05) is 4.47 Å². The number of aliphatic hydroxyl groups excluding tert-OH is 1. The monoisotopic (exact) mass is 352 g/mol. The van der Waals surface area contributed by atoms with Crippen molar-refractivity contribution >= 4 is 33.4 Å². The highest BCUT2D eigenvalue weighted by Crippen LogP contribution is 2.37. The molecule has 0 saturated heterocycles. The topological polar surface area (TPSA) is 63.3 Å². The second-order valence-electron chi connectivity index (χ2n) is 4.59. The Hall–Kier alpha value is -1.18. The van der Waals surface area contributed by atoms with Crippen molar-refractivity contribution in [2.24, 2.45) is 5.10 Å². The number of nitrogens with zero attached hydrogens (tertiary/aromatic N) is 4. The first-order valence-electron chi connectivity index (χ1n) is 6.14. The van der Waals surface area contributed by atoms with E-state index in [1.165, 1.54) is 11.8 Å². The number of fused-ring (bicyclic) bond motifs is 1. The summed E-state index contributed by atoms with van der Waals surface area (Å²) in [4.78, 5) is 0. The summed E-state index contributed by atoms with van der Waals surface area (Å²) in [6, 6.07) is 7.67. The Morgan fingerprint density at radius 1 is 1.30 bits per heavy atom. The van der Waals surface area contributed by atoms with Crippen molar-refractivity contribution < 1.29 is 5.11 Å². The molecule has 0 saturated carbocycles. The lowest BCUT2D eigenvalue weighted by Crippen LogP contribution is -2.27. The highest BCUT2D eigenvalue weighted by Gasteiger charge is 2.31. The highest BCUT2D eigenvalue weighted by atomic mass is 79.9. The average Bonchev–Trinajstić information content (AvgIpc) is 2.79. The van der Waals surface area contributed by atoms with E-state index in [1.54, 1.807) is 4.68 Å². The average molecular weight is 353 g/mol. The fourth-order valence-corrected chi connectivity index (χ4v) is 3.71. The molecule has 0 unspecified atom stereocenters. The minimum absolute atomic E-state index is 0.162. The number of benzene rings is 1. The second-order valence-corrected chi connectivity index (χ2v) is 6.55. The minimum atomic E-state index is -0.648. The number of thioether (sulfide) groups is 1. The third-order valence-electron chi connectivity index (χ3n) is 3.18. The molecule has 3 rings (SSSR count). The molecule has 0 spiro atoms. The Morgan fingerprint density at radius 3 is 2.80 bits per heavy atom. The predicted octanol–water partition coefficient (Wildman–Crippen LogP) is 2.78. The van der Waals surface area contributed by atoms with E-state index in [1.807, 2.05) is 38.1 Å². The van der Waals surface area contributed by atoms with Crippen LogP contribution in [0.15, 0.2) is 39.0 Å². The molecule has 20 heavy (non-hydrogen) atoms. The van der Waals surface area contributed by atoms with Gasteiger partial charge in [-0.3, -0.25) is 0 Å². The maximum atomic E-state index is 10.6. The maximum absolute atomic E-state index is 10.6. The summed E-state index contributed by atoms with van der Waals surface area (Å²) in [5.74, 6) is 0.751. The van der Waals surface area contributed by atoms with Gasteiger partial charge in [-0.25, -0.2) is 0 Å². The van der Waals surface area contributed by atoms with Gasteiger partial charge < -0.3 is 5.11 Å². The molecule has 1 aliphatic rings. The molecule has 0 aliphatic carbocycles. The zero-order valence-corrected chi connectivity index (χ0v) is 13.4. The summed E-state index contributed by atoms with van der Waals surface area (Å²) in [7, 11) is 0. The smallest absolute Gasteiger partial charge is 0.212 e. The van der Waals surface area contributed by atoms with Crippen LogP contribution in [0.4, 0.5) is 0 Å². The van der Waals surface area contributed by atoms with E-state index in [2.05, 4.69) is 31.2 Å². The van der Waals surface area contributed by atoms with Gasteiger partial charge in [-0.2, -0.15) is 9.78 Å². The molecule has 2 heterocycles. The number of hydrogen-bond acceptors (Lipinski definition) is 5. The van der Waals surface area contributed by atoms with Gasteiger partial charge in [-0.15, -0.1) is 10.2 Å². The van der Waals surface area contributed by atoms with Crippen molar-refractivity contribution in [3.8, 4) is 0 Å². The molecule has 1 N–H and O–H groups in total. The third kappa shape index (κ3) is 2.30. The Bertz CT molecular complexity index is 685. The van der Waals surface area contributed by atoms with Crippen LogP contribution in [-0.2, 0) is 0 Å². The van der Waals surface area contributed by atoms with E-state index in [0.29, 0.717) is 5.16 Å². The SMILES string of the molecule is CC1=Nn2c(C)nnc2S[C@H]1[C@H](O)c1ccccc1Br. The number of rotatable bonds is 2. The second kappa shape index (κ2) is 5.31. The molecule has 2 atom stereocenters. The zero-order chi connectivity index (χ0) is 14.3. The van der Waals surface area contributed by atoms with E-state index in [0.717, 1.165) is 21.6 Å². The molecule has 1 aromatic carbocycles. The fraction of sp³-hybridized carbons (Fsp3) is 0.308. The van der Waals surface area contributed by atoms with Crippen LogP contribution in [0, 0.1) is 6.92 Å². The summed E-state index contributed by atoms with van der Waals surface area (Å²) < 4.78 is 2.60. The number of halogens is 1. The summed E-state index contributed by atoms with van der Waals surface area (Å²) >= 11 is 4.96. The van der Waals surface area contributed by atoms with Gasteiger partial charge in [0.25, 0.3) is 0 Å². The van der Waals surface area contributed by atoms with E-state index in [-0.39, 0.29) is 5.25 Å². The molecule has 0 amide bonds. The highest BCUT2D eigenvalue weighted by molar-refractivity contribution is 9.10. The fourth-order valence-electron chi connectivity index (χ4n) is 2.11. The first-order chi connectivity index (χ1) is 9.58. The van der Waals surface area contributed by atoms with Crippen LogP contribution >= 0.6 is 27.7 Å². The first-order valence-corrected chi connectivity index (χ1v) is 7.82. The van der Waals surface area contributed by atoms with Gasteiger partial charge in [-0.1, -0.05) is 45.9 Å². The van der Waals surface area contributed by atoms with Crippen molar-refractivity contribution in [1.29, 1.82) is 0 Å². The van der Waals surface area contributed by atoms with Crippen LogP contribution in [0.1, 0.15) is 24.4 Å². The van der Waals surface area contributed by atoms with Crippen LogP contribution in [0.25, 0.3) is 0 Å². The van der Waals surface area contributed by atoms with Crippen molar-refractivity contribution in [2.75, 3.05) is 0 Å². The number of aliphatic hydroxyl groups is 1. The Balaban J connectivity index is 1.95. The van der Waals surface area contributed by atoms with Gasteiger partial charge in [0.15, 0.2) is 5.82 Å². The summed E-state index contributed by atoms with van der Waals surface area (Å²) in [6.45, 7) is 3.78. The predicted molar refractivity (Wildman–Crippen MR) is 82.0 cm³/mol. The summed E-state index contributed by atoms with van der Waals surface area (Å²) in [5.41, 5.74) is 1.71. The van der Waals surface area contributed by atoms with E-state index >= 15 is 0 Å². The molecule has 0 radical (unpaired) electrons. The number of aromatic nitrogens is 3. The van der Waals surface area contributed by atoms with Gasteiger partial charge in [0.2, 0.25) is 5.16 Å². The largest absolute Gasteiger partial charge is 0.387 e. The minimum Gasteiger partial charge on any atom is -0.387 e. The van der Waals surface area contributed by atoms with Crippen molar-refractivity contribution in [1.82, 2.24) is 14.9 Å². The number of hydrogen-bond donors (Lipinski definition) is 1. The molecular formula is C13H13BrN4OS. The maximum Gasteiger partial charge on any atom is 0.212 e. The molecule has 0 fully saturated rings. The molecular weight excluding hydrogens is 340 g/mol. The first kappa shape index (κ1) is 13.8. The van der Waals surface area contributed by atoms with E-state index < -0.39 is 6.10 Å². The normalized spacial score (nSPS) is 19.4. The standard InChI is InChI=1S/C13H13BrN4OS/c1-7-12(11(19)9-5-3-4-6-10(9)14)20-13-16-15-8(2)18(13)17-7/h3-6,11-12,19H,1-2H3/t11-,12-/m1/s1. The van der Waals surface area contributed by atoms with Crippen molar-refractivity contribution in [3.63, 3.8) is 0 Å². The van der Waals surface area contributed by atoms with Gasteiger partial charge in [0.1, 0.15) is 0 Å². The Morgan fingerprint density at radius 2 is 2.05 bits per heavy atom. The molecule has 0 bridgehead atoms. The van der Waals surface area contributed by atoms with Crippen LogP contribution < -0.4 is 0 Å². The zero-order valence-electron chi connectivity index (χ0n) is 11.0. The summed E-state index contributed by atoms with van der Waals surface area (Å²) in [6.07, 6.45) is -0.648. The number of aryl methyl sites for hydroxylation is 1. The van der Waals surface area contributed by atoms with E-state index in [4.69, 9.17) is 0 Å². The van der Waals surface area contributed by atoms with Crippen molar-refractivity contribution in [3.05, 3.63) is 40.1 Å². The lowest BCUT2D eigenvalue weighted by molar-refractivity contribution is 0.189. The Kier molecular flexibility index (Phi) is 3.66. The summed E-state index contributed by atoms with van der Waals surface area (Å²) in [5, 5.41) is 23.8.